The number of nitriles is 1. The maximum Gasteiger partial charge on any atom is 0.238 e. The molecule has 3 aromatic carbocycles. The molecule has 172 valence electrons. The van der Waals surface area contributed by atoms with Crippen molar-refractivity contribution in [2.75, 3.05) is 18.4 Å². The first-order chi connectivity index (χ1) is 16.5. The first kappa shape index (κ1) is 23.1. The minimum absolute atomic E-state index is 0.0428. The smallest absolute Gasteiger partial charge is 0.238 e. The Bertz CT molecular complexity index is 1220. The summed E-state index contributed by atoms with van der Waals surface area (Å²) in [5, 5.41) is 14.9. The molecule has 0 fully saturated rings. The van der Waals surface area contributed by atoms with Gasteiger partial charge in [0.15, 0.2) is 0 Å². The molecule has 3 aromatic rings. The van der Waals surface area contributed by atoms with Crippen LogP contribution >= 0.6 is 0 Å². The number of hydrogen-bond donors (Lipinski definition) is 2. The van der Waals surface area contributed by atoms with Gasteiger partial charge in [-0.05, 0) is 59.9 Å². The van der Waals surface area contributed by atoms with Crippen LogP contribution in [0.4, 0.5) is 10.1 Å². The average Bonchev–Trinajstić information content (AvgIpc) is 2.84. The number of carbonyl (C=O) groups excluding carboxylic acids is 2. The molecule has 0 spiro atoms. The minimum Gasteiger partial charge on any atom is -0.354 e. The van der Waals surface area contributed by atoms with Crippen molar-refractivity contribution in [1.29, 1.82) is 5.26 Å². The monoisotopic (exact) mass is 456 g/mol. The third-order valence-electron chi connectivity index (χ3n) is 5.90. The molecule has 0 bridgehead atoms. The third-order valence-corrected chi connectivity index (χ3v) is 5.90. The fourth-order valence-electron chi connectivity index (χ4n) is 4.15. The number of amides is 2. The van der Waals surface area contributed by atoms with E-state index in [9.17, 15) is 14.0 Å². The van der Waals surface area contributed by atoms with Crippen LogP contribution in [0.1, 0.15) is 22.3 Å². The fourth-order valence-corrected chi connectivity index (χ4v) is 4.15. The zero-order valence-corrected chi connectivity index (χ0v) is 18.6. The van der Waals surface area contributed by atoms with E-state index in [4.69, 9.17) is 5.26 Å². The van der Waals surface area contributed by atoms with Crippen LogP contribution in [0, 0.1) is 17.1 Å². The minimum atomic E-state index is -0.487. The molecule has 4 rings (SSSR count). The SMILES string of the molecule is N#Cc1cccc(NC(=O)CN2Cc3ccccc3CC2C(=O)NCCc2ccc(F)cc2)c1. The number of fused-ring (bicyclic) bond motifs is 1. The molecule has 1 aliphatic rings. The second-order valence-electron chi connectivity index (χ2n) is 8.30. The van der Waals surface area contributed by atoms with Gasteiger partial charge in [-0.3, -0.25) is 14.5 Å². The van der Waals surface area contributed by atoms with Gasteiger partial charge in [0.25, 0.3) is 0 Å². The van der Waals surface area contributed by atoms with Crippen molar-refractivity contribution in [3.8, 4) is 6.07 Å². The molecule has 0 aliphatic carbocycles. The van der Waals surface area contributed by atoms with Crippen LogP contribution in [0.25, 0.3) is 0 Å². The zero-order valence-electron chi connectivity index (χ0n) is 18.6. The van der Waals surface area contributed by atoms with Crippen molar-refractivity contribution >= 4 is 17.5 Å². The first-order valence-corrected chi connectivity index (χ1v) is 11.1. The lowest BCUT2D eigenvalue weighted by Gasteiger charge is -2.35. The first-order valence-electron chi connectivity index (χ1n) is 11.1. The zero-order chi connectivity index (χ0) is 23.9. The molecule has 0 aromatic heterocycles. The molecule has 0 saturated heterocycles. The number of carbonyl (C=O) groups is 2. The van der Waals surface area contributed by atoms with Crippen molar-refractivity contribution in [3.63, 3.8) is 0 Å². The highest BCUT2D eigenvalue weighted by Gasteiger charge is 2.32. The molecule has 1 aliphatic heterocycles. The third kappa shape index (κ3) is 5.85. The van der Waals surface area contributed by atoms with Gasteiger partial charge in [0, 0.05) is 18.8 Å². The van der Waals surface area contributed by atoms with E-state index in [0.29, 0.717) is 37.2 Å². The van der Waals surface area contributed by atoms with Gasteiger partial charge in [-0.2, -0.15) is 5.26 Å². The molecule has 2 N–H and O–H groups in total. The van der Waals surface area contributed by atoms with E-state index < -0.39 is 6.04 Å². The number of anilines is 1. The predicted octanol–water partition coefficient (Wildman–Crippen LogP) is 3.42. The van der Waals surface area contributed by atoms with Gasteiger partial charge in [-0.15, -0.1) is 0 Å². The maximum absolute atomic E-state index is 13.1. The van der Waals surface area contributed by atoms with Crippen LogP contribution in [0.15, 0.2) is 72.8 Å². The Balaban J connectivity index is 1.42. The van der Waals surface area contributed by atoms with Gasteiger partial charge in [-0.25, -0.2) is 4.39 Å². The maximum atomic E-state index is 13.1. The van der Waals surface area contributed by atoms with E-state index in [2.05, 4.69) is 16.7 Å². The van der Waals surface area contributed by atoms with Crippen molar-refractivity contribution in [3.05, 3.63) is 101 Å². The van der Waals surface area contributed by atoms with E-state index in [1.54, 1.807) is 36.4 Å². The Morgan fingerprint density at radius 3 is 2.56 bits per heavy atom. The topological polar surface area (TPSA) is 85.2 Å². The fraction of sp³-hybridized carbons (Fsp3) is 0.222. The number of nitrogens with zero attached hydrogens (tertiary/aromatic N) is 2. The Morgan fingerprint density at radius 2 is 1.79 bits per heavy atom. The van der Waals surface area contributed by atoms with Crippen LogP contribution in [-0.2, 0) is 29.0 Å². The second kappa shape index (κ2) is 10.7. The summed E-state index contributed by atoms with van der Waals surface area (Å²) in [5.41, 5.74) is 4.13. The van der Waals surface area contributed by atoms with Gasteiger partial charge in [-0.1, -0.05) is 42.5 Å². The standard InChI is InChI=1S/C27H25FN4O2/c28-23-10-8-19(9-11-23)12-13-30-27(34)25-15-21-5-1-2-6-22(21)17-32(25)18-26(33)31-24-7-3-4-20(14-24)16-29/h1-11,14,25H,12-13,15,17-18H2,(H,30,34)(H,31,33). The molecule has 1 unspecified atom stereocenters. The highest BCUT2D eigenvalue weighted by molar-refractivity contribution is 5.93. The number of hydrogen-bond acceptors (Lipinski definition) is 4. The van der Waals surface area contributed by atoms with E-state index >= 15 is 0 Å². The summed E-state index contributed by atoms with van der Waals surface area (Å²) < 4.78 is 13.1. The normalized spacial score (nSPS) is 15.1. The lowest BCUT2D eigenvalue weighted by Crippen LogP contribution is -2.52. The summed E-state index contributed by atoms with van der Waals surface area (Å²) in [6.07, 6.45) is 1.10. The van der Waals surface area contributed by atoms with E-state index in [-0.39, 0.29) is 24.2 Å². The average molecular weight is 457 g/mol. The summed E-state index contributed by atoms with van der Waals surface area (Å²) in [7, 11) is 0. The molecule has 1 heterocycles. The Hall–Kier alpha value is -4.02. The molecule has 6 nitrogen and oxygen atoms in total. The van der Waals surface area contributed by atoms with Crippen LogP contribution in [0.2, 0.25) is 0 Å². The Morgan fingerprint density at radius 1 is 1.03 bits per heavy atom. The predicted molar refractivity (Wildman–Crippen MR) is 127 cm³/mol. The quantitative estimate of drug-likeness (QED) is 0.571. The molecule has 0 radical (unpaired) electrons. The summed E-state index contributed by atoms with van der Waals surface area (Å²) >= 11 is 0. The van der Waals surface area contributed by atoms with Crippen LogP contribution in [0.5, 0.6) is 0 Å². The highest BCUT2D eigenvalue weighted by Crippen LogP contribution is 2.23. The Kier molecular flexibility index (Phi) is 7.31. The van der Waals surface area contributed by atoms with Gasteiger partial charge >= 0.3 is 0 Å². The lowest BCUT2D eigenvalue weighted by molar-refractivity contribution is -0.128. The van der Waals surface area contributed by atoms with E-state index in [1.807, 2.05) is 29.2 Å². The van der Waals surface area contributed by atoms with Crippen molar-refractivity contribution in [2.24, 2.45) is 0 Å². The molecule has 7 heteroatoms. The van der Waals surface area contributed by atoms with Crippen LogP contribution in [0.3, 0.4) is 0 Å². The highest BCUT2D eigenvalue weighted by atomic mass is 19.1. The molecule has 34 heavy (non-hydrogen) atoms. The van der Waals surface area contributed by atoms with E-state index in [1.165, 1.54) is 12.1 Å². The molecular formula is C27H25FN4O2. The van der Waals surface area contributed by atoms with Crippen LogP contribution < -0.4 is 10.6 Å². The van der Waals surface area contributed by atoms with Crippen molar-refractivity contribution in [1.82, 2.24) is 10.2 Å². The summed E-state index contributed by atoms with van der Waals surface area (Å²) in [6.45, 7) is 0.947. The summed E-state index contributed by atoms with van der Waals surface area (Å²) in [6, 6.07) is 22.4. The number of nitrogens with one attached hydrogen (secondary N) is 2. The summed E-state index contributed by atoms with van der Waals surface area (Å²) in [4.78, 5) is 27.8. The molecule has 2 amide bonds. The molecular weight excluding hydrogens is 431 g/mol. The largest absolute Gasteiger partial charge is 0.354 e. The van der Waals surface area contributed by atoms with Gasteiger partial charge in [0.1, 0.15) is 5.82 Å². The van der Waals surface area contributed by atoms with Crippen LogP contribution in [-0.4, -0.2) is 35.8 Å². The van der Waals surface area contributed by atoms with Crippen molar-refractivity contribution in [2.45, 2.75) is 25.4 Å². The number of rotatable bonds is 7. The summed E-state index contributed by atoms with van der Waals surface area (Å²) in [5.74, 6) is -0.684. The van der Waals surface area contributed by atoms with Gasteiger partial charge in [0.05, 0.1) is 24.2 Å². The lowest BCUT2D eigenvalue weighted by atomic mass is 9.93. The molecule has 1 atom stereocenters. The number of benzene rings is 3. The van der Waals surface area contributed by atoms with Crippen molar-refractivity contribution < 1.29 is 14.0 Å². The number of halogens is 1. The second-order valence-corrected chi connectivity index (χ2v) is 8.30. The Labute approximate surface area is 198 Å². The van der Waals surface area contributed by atoms with E-state index in [0.717, 1.165) is 16.7 Å². The molecule has 0 saturated carbocycles. The van der Waals surface area contributed by atoms with Gasteiger partial charge < -0.3 is 10.6 Å². The van der Waals surface area contributed by atoms with Gasteiger partial charge in [0.2, 0.25) is 11.8 Å².